The maximum Gasteiger partial charge on any atom is 0.243 e. The Labute approximate surface area is 158 Å². The van der Waals surface area contributed by atoms with E-state index in [1.165, 1.54) is 7.05 Å². The minimum Gasteiger partial charge on any atom is -0.356 e. The summed E-state index contributed by atoms with van der Waals surface area (Å²) in [6.45, 7) is 0.267. The predicted octanol–water partition coefficient (Wildman–Crippen LogP) is 2.50. The van der Waals surface area contributed by atoms with Crippen molar-refractivity contribution in [2.75, 3.05) is 25.5 Å². The number of aromatic nitrogens is 1. The third-order valence-electron chi connectivity index (χ3n) is 3.44. The molecule has 6 nitrogen and oxygen atoms in total. The molecule has 0 aliphatic carbocycles. The van der Waals surface area contributed by atoms with Crippen molar-refractivity contribution in [2.45, 2.75) is 6.42 Å². The smallest absolute Gasteiger partial charge is 0.243 e. The summed E-state index contributed by atoms with van der Waals surface area (Å²) in [7, 11) is 1.52. The number of nitrogens with zero attached hydrogens (tertiary/aromatic N) is 2. The van der Waals surface area contributed by atoms with Crippen LogP contribution in [0.25, 0.3) is 0 Å². The Bertz CT molecular complexity index is 830. The molecule has 10 heteroatoms. The predicted molar refractivity (Wildman–Crippen MR) is 97.3 cm³/mol. The van der Waals surface area contributed by atoms with Crippen molar-refractivity contribution in [2.24, 2.45) is 4.99 Å². The van der Waals surface area contributed by atoms with Gasteiger partial charge in [0.2, 0.25) is 5.91 Å². The van der Waals surface area contributed by atoms with Crippen molar-refractivity contribution in [3.8, 4) is 0 Å². The van der Waals surface area contributed by atoms with Crippen molar-refractivity contribution in [3.63, 3.8) is 0 Å². The SMILES string of the molecule is CN=C(NCCc1ccc(Cl)nc1)NCC(=O)Nc1ccc(F)c(F)c1F. The molecule has 27 heavy (non-hydrogen) atoms. The number of pyridine rings is 1. The second-order valence-electron chi connectivity index (χ2n) is 5.36. The molecule has 0 aliphatic heterocycles. The van der Waals surface area contributed by atoms with Gasteiger partial charge < -0.3 is 16.0 Å². The van der Waals surface area contributed by atoms with E-state index in [1.54, 1.807) is 12.3 Å². The monoisotopic (exact) mass is 399 g/mol. The molecule has 2 rings (SSSR count). The number of rotatable bonds is 6. The van der Waals surface area contributed by atoms with E-state index < -0.39 is 29.0 Å². The number of nitrogens with one attached hydrogen (secondary N) is 3. The number of guanidine groups is 1. The fraction of sp³-hybridized carbons (Fsp3) is 0.235. The number of hydrogen-bond acceptors (Lipinski definition) is 3. The quantitative estimate of drug-likeness (QED) is 0.302. The average molecular weight is 400 g/mol. The Hall–Kier alpha value is -2.81. The van der Waals surface area contributed by atoms with Crippen LogP contribution in [0.5, 0.6) is 0 Å². The normalized spacial score (nSPS) is 11.2. The molecule has 2 aromatic rings. The van der Waals surface area contributed by atoms with Gasteiger partial charge in [0.1, 0.15) is 5.15 Å². The maximum absolute atomic E-state index is 13.5. The van der Waals surface area contributed by atoms with Crippen molar-refractivity contribution < 1.29 is 18.0 Å². The molecule has 3 N–H and O–H groups in total. The van der Waals surface area contributed by atoms with Gasteiger partial charge in [0, 0.05) is 19.8 Å². The minimum atomic E-state index is -1.64. The van der Waals surface area contributed by atoms with Crippen molar-refractivity contribution in [1.82, 2.24) is 15.6 Å². The molecule has 1 amide bonds. The maximum atomic E-state index is 13.5. The first-order valence-corrected chi connectivity index (χ1v) is 8.26. The van der Waals surface area contributed by atoms with Crippen LogP contribution in [0, 0.1) is 17.5 Å². The summed E-state index contributed by atoms with van der Waals surface area (Å²) in [5.74, 6) is -4.73. The zero-order valence-corrected chi connectivity index (χ0v) is 15.1. The molecular weight excluding hydrogens is 383 g/mol. The molecule has 1 aromatic heterocycles. The van der Waals surface area contributed by atoms with Crippen LogP contribution >= 0.6 is 11.6 Å². The van der Waals surface area contributed by atoms with Gasteiger partial charge in [0.15, 0.2) is 23.4 Å². The Morgan fingerprint density at radius 2 is 1.93 bits per heavy atom. The number of amides is 1. The van der Waals surface area contributed by atoms with Crippen LogP contribution in [0.2, 0.25) is 5.15 Å². The first kappa shape index (κ1) is 20.5. The van der Waals surface area contributed by atoms with E-state index in [-0.39, 0.29) is 6.54 Å². The summed E-state index contributed by atoms with van der Waals surface area (Å²) in [5.41, 5.74) is 0.521. The Morgan fingerprint density at radius 1 is 1.15 bits per heavy atom. The van der Waals surface area contributed by atoms with Crippen LogP contribution in [0.4, 0.5) is 18.9 Å². The molecule has 0 saturated carbocycles. The lowest BCUT2D eigenvalue weighted by atomic mass is 10.2. The molecule has 0 atom stereocenters. The fourth-order valence-corrected chi connectivity index (χ4v) is 2.19. The number of aliphatic imine (C=N–C) groups is 1. The van der Waals surface area contributed by atoms with Gasteiger partial charge >= 0.3 is 0 Å². The van der Waals surface area contributed by atoms with Crippen LogP contribution in [0.15, 0.2) is 35.5 Å². The first-order chi connectivity index (χ1) is 12.9. The lowest BCUT2D eigenvalue weighted by molar-refractivity contribution is -0.115. The van der Waals surface area contributed by atoms with E-state index >= 15 is 0 Å². The number of benzene rings is 1. The molecule has 0 saturated heterocycles. The minimum absolute atomic E-state index is 0.249. The molecule has 1 aromatic carbocycles. The van der Waals surface area contributed by atoms with Crippen molar-refractivity contribution in [3.05, 3.63) is 58.6 Å². The van der Waals surface area contributed by atoms with Gasteiger partial charge in [-0.15, -0.1) is 0 Å². The Morgan fingerprint density at radius 3 is 2.59 bits per heavy atom. The highest BCUT2D eigenvalue weighted by atomic mass is 35.5. The van der Waals surface area contributed by atoms with Gasteiger partial charge in [-0.2, -0.15) is 0 Å². The Balaban J connectivity index is 1.79. The topological polar surface area (TPSA) is 78.4 Å². The molecule has 0 bridgehead atoms. The molecule has 1 heterocycles. The standard InChI is InChI=1S/C17H17ClF3N5O/c1-22-17(23-7-6-10-2-5-13(18)24-8-10)25-9-14(27)26-12-4-3-11(19)15(20)16(12)21/h2-5,8H,6-7,9H2,1H3,(H,26,27)(H2,22,23,25). The third-order valence-corrected chi connectivity index (χ3v) is 3.67. The Kier molecular flexibility index (Phi) is 7.42. The summed E-state index contributed by atoms with van der Waals surface area (Å²) < 4.78 is 39.6. The fourth-order valence-electron chi connectivity index (χ4n) is 2.08. The number of halogens is 4. The molecule has 0 aliphatic rings. The molecule has 0 fully saturated rings. The van der Waals surface area contributed by atoms with Gasteiger partial charge in [-0.05, 0) is 30.2 Å². The lowest BCUT2D eigenvalue weighted by Gasteiger charge is -2.12. The van der Waals surface area contributed by atoms with E-state index in [2.05, 4.69) is 25.9 Å². The summed E-state index contributed by atoms with van der Waals surface area (Å²) in [6.07, 6.45) is 2.31. The largest absolute Gasteiger partial charge is 0.356 e. The van der Waals surface area contributed by atoms with Gasteiger partial charge in [0.05, 0.1) is 12.2 Å². The summed E-state index contributed by atoms with van der Waals surface area (Å²) in [5, 5.41) is 8.29. The summed E-state index contributed by atoms with van der Waals surface area (Å²) in [4.78, 5) is 19.8. The van der Waals surface area contributed by atoms with E-state index in [0.29, 0.717) is 24.1 Å². The molecule has 144 valence electrons. The van der Waals surface area contributed by atoms with Crippen molar-refractivity contribution >= 4 is 29.2 Å². The number of carbonyl (C=O) groups is 1. The van der Waals surface area contributed by atoms with Crippen LogP contribution in [-0.2, 0) is 11.2 Å². The van der Waals surface area contributed by atoms with Gasteiger partial charge in [-0.3, -0.25) is 9.79 Å². The van der Waals surface area contributed by atoms with E-state index in [0.717, 1.165) is 17.7 Å². The highest BCUT2D eigenvalue weighted by Crippen LogP contribution is 2.19. The zero-order chi connectivity index (χ0) is 19.8. The van der Waals surface area contributed by atoms with Crippen molar-refractivity contribution in [1.29, 1.82) is 0 Å². The van der Waals surface area contributed by atoms with E-state index in [1.807, 2.05) is 6.07 Å². The first-order valence-electron chi connectivity index (χ1n) is 7.89. The lowest BCUT2D eigenvalue weighted by Crippen LogP contribution is -2.42. The second kappa shape index (κ2) is 9.77. The average Bonchev–Trinajstić information content (AvgIpc) is 2.66. The second-order valence-corrected chi connectivity index (χ2v) is 5.75. The molecule has 0 radical (unpaired) electrons. The molecular formula is C17H17ClF3N5O. The van der Waals surface area contributed by atoms with Gasteiger partial charge in [-0.1, -0.05) is 17.7 Å². The van der Waals surface area contributed by atoms with Gasteiger partial charge in [0.25, 0.3) is 0 Å². The third kappa shape index (κ3) is 6.14. The highest BCUT2D eigenvalue weighted by Gasteiger charge is 2.15. The van der Waals surface area contributed by atoms with Crippen LogP contribution in [0.3, 0.4) is 0 Å². The van der Waals surface area contributed by atoms with E-state index in [9.17, 15) is 18.0 Å². The number of anilines is 1. The highest BCUT2D eigenvalue weighted by molar-refractivity contribution is 6.29. The summed E-state index contributed by atoms with van der Waals surface area (Å²) >= 11 is 5.72. The summed E-state index contributed by atoms with van der Waals surface area (Å²) in [6, 6.07) is 5.20. The molecule has 0 unspecified atom stereocenters. The van der Waals surface area contributed by atoms with Gasteiger partial charge in [-0.25, -0.2) is 18.2 Å². The number of hydrogen-bond donors (Lipinski definition) is 3. The molecule has 0 spiro atoms. The zero-order valence-electron chi connectivity index (χ0n) is 14.3. The number of carbonyl (C=O) groups excluding carboxylic acids is 1. The van der Waals surface area contributed by atoms with Crippen LogP contribution in [-0.4, -0.2) is 37.0 Å². The van der Waals surface area contributed by atoms with Crippen LogP contribution in [0.1, 0.15) is 5.56 Å². The van der Waals surface area contributed by atoms with Crippen LogP contribution < -0.4 is 16.0 Å². The van der Waals surface area contributed by atoms with E-state index in [4.69, 9.17) is 11.6 Å².